The number of allylic oxidation sites excluding steroid dienone is 3. The topological polar surface area (TPSA) is 47.6 Å². The van der Waals surface area contributed by atoms with Crippen molar-refractivity contribution in [2.75, 3.05) is 13.7 Å². The van der Waals surface area contributed by atoms with Crippen LogP contribution in [0.4, 0.5) is 0 Å². The second-order valence-electron chi connectivity index (χ2n) is 3.78. The molecule has 0 aliphatic heterocycles. The minimum atomic E-state index is 0.591. The van der Waals surface area contributed by atoms with Crippen molar-refractivity contribution >= 4 is 5.84 Å². The van der Waals surface area contributed by atoms with Crippen LogP contribution in [0.2, 0.25) is 0 Å². The lowest BCUT2D eigenvalue weighted by molar-refractivity contribution is 0.219. The quantitative estimate of drug-likeness (QED) is 0.231. The van der Waals surface area contributed by atoms with Crippen LogP contribution in [-0.2, 0) is 4.74 Å². The third-order valence-corrected chi connectivity index (χ3v) is 2.23. The monoisotopic (exact) mass is 236 g/mol. The lowest BCUT2D eigenvalue weighted by Gasteiger charge is -2.05. The van der Waals surface area contributed by atoms with Crippen LogP contribution in [-0.4, -0.2) is 19.5 Å². The van der Waals surface area contributed by atoms with Gasteiger partial charge in [0, 0.05) is 13.5 Å². The number of nitrogens with zero attached hydrogens (tertiary/aromatic N) is 1. The fourth-order valence-corrected chi connectivity index (χ4v) is 1.13. The van der Waals surface area contributed by atoms with E-state index in [2.05, 4.69) is 18.5 Å². The van der Waals surface area contributed by atoms with Gasteiger partial charge in [0.15, 0.2) is 0 Å². The summed E-state index contributed by atoms with van der Waals surface area (Å²) in [6.45, 7) is 8.77. The summed E-state index contributed by atoms with van der Waals surface area (Å²) in [6.07, 6.45) is 8.58. The first kappa shape index (κ1) is 15.5. The highest BCUT2D eigenvalue weighted by atomic mass is 16.5. The molecule has 0 aromatic rings. The molecule has 0 aromatic heterocycles. The summed E-state index contributed by atoms with van der Waals surface area (Å²) in [5, 5.41) is 0. The molecule has 0 saturated carbocycles. The summed E-state index contributed by atoms with van der Waals surface area (Å²) in [7, 11) is 1.68. The van der Waals surface area contributed by atoms with Crippen molar-refractivity contribution in [1.82, 2.24) is 0 Å². The first-order valence-electron chi connectivity index (χ1n) is 6.00. The van der Waals surface area contributed by atoms with E-state index in [9.17, 15) is 0 Å². The third kappa shape index (κ3) is 8.31. The maximum Gasteiger partial charge on any atom is 0.115 e. The standard InChI is InChI=1S/C14H24N2O/c1-5-7-10-17-13(6-2)9-8-12(3)11-14(15)16-4/h6,8-9H,3,5,7,10-11H2,1-2,4H3,(H2,15,16)/b9-8-,13-6+. The molecule has 17 heavy (non-hydrogen) atoms. The molecule has 0 radical (unpaired) electrons. The first-order valence-corrected chi connectivity index (χ1v) is 6.00. The average Bonchev–Trinajstić information content (AvgIpc) is 2.33. The SMILES string of the molecule is C=C(/C=C\C(=C/C)OCCCC)CC(N)=NC. The Morgan fingerprint density at radius 2 is 2.12 bits per heavy atom. The summed E-state index contributed by atoms with van der Waals surface area (Å²) < 4.78 is 5.59. The summed E-state index contributed by atoms with van der Waals surface area (Å²) in [5.41, 5.74) is 6.54. The van der Waals surface area contributed by atoms with Gasteiger partial charge in [-0.2, -0.15) is 0 Å². The van der Waals surface area contributed by atoms with Crippen LogP contribution in [0.25, 0.3) is 0 Å². The van der Waals surface area contributed by atoms with Gasteiger partial charge in [0.1, 0.15) is 5.76 Å². The van der Waals surface area contributed by atoms with E-state index < -0.39 is 0 Å². The van der Waals surface area contributed by atoms with Gasteiger partial charge in [0.25, 0.3) is 0 Å². The molecule has 0 bridgehead atoms. The zero-order valence-corrected chi connectivity index (χ0v) is 11.2. The summed E-state index contributed by atoms with van der Waals surface area (Å²) in [4.78, 5) is 3.89. The van der Waals surface area contributed by atoms with Crippen LogP contribution in [0.5, 0.6) is 0 Å². The molecule has 0 aliphatic carbocycles. The van der Waals surface area contributed by atoms with Gasteiger partial charge >= 0.3 is 0 Å². The van der Waals surface area contributed by atoms with Crippen LogP contribution < -0.4 is 5.73 Å². The Bertz CT molecular complexity index is 314. The smallest absolute Gasteiger partial charge is 0.115 e. The Balaban J connectivity index is 4.14. The predicted molar refractivity (Wildman–Crippen MR) is 75.1 cm³/mol. The molecule has 0 aliphatic rings. The van der Waals surface area contributed by atoms with E-state index in [0.717, 1.165) is 30.8 Å². The van der Waals surface area contributed by atoms with Gasteiger partial charge in [-0.05, 0) is 31.1 Å². The van der Waals surface area contributed by atoms with E-state index in [0.29, 0.717) is 12.3 Å². The van der Waals surface area contributed by atoms with Crippen LogP contribution in [0.1, 0.15) is 33.1 Å². The molecule has 0 atom stereocenters. The summed E-state index contributed by atoms with van der Waals surface area (Å²) in [6, 6.07) is 0. The van der Waals surface area contributed by atoms with E-state index in [-0.39, 0.29) is 0 Å². The largest absolute Gasteiger partial charge is 0.494 e. The van der Waals surface area contributed by atoms with Gasteiger partial charge in [-0.3, -0.25) is 4.99 Å². The minimum absolute atomic E-state index is 0.591. The maximum atomic E-state index is 5.62. The fourth-order valence-electron chi connectivity index (χ4n) is 1.13. The van der Waals surface area contributed by atoms with Crippen molar-refractivity contribution in [3.8, 4) is 0 Å². The molecule has 0 rings (SSSR count). The average molecular weight is 236 g/mol. The first-order chi connectivity index (χ1) is 8.13. The Labute approximate surface area is 105 Å². The number of unbranched alkanes of at least 4 members (excludes halogenated alkanes) is 1. The van der Waals surface area contributed by atoms with Gasteiger partial charge in [-0.25, -0.2) is 0 Å². The zero-order chi connectivity index (χ0) is 13.1. The van der Waals surface area contributed by atoms with E-state index >= 15 is 0 Å². The molecule has 0 amide bonds. The number of hydrogen-bond acceptors (Lipinski definition) is 2. The van der Waals surface area contributed by atoms with Crippen LogP contribution in [0.15, 0.2) is 41.1 Å². The Hall–Kier alpha value is -1.51. The van der Waals surface area contributed by atoms with Crippen molar-refractivity contribution in [3.05, 3.63) is 36.1 Å². The van der Waals surface area contributed by atoms with Crippen molar-refractivity contribution in [3.63, 3.8) is 0 Å². The molecule has 96 valence electrons. The number of rotatable bonds is 8. The van der Waals surface area contributed by atoms with Gasteiger partial charge < -0.3 is 10.5 Å². The lowest BCUT2D eigenvalue weighted by Crippen LogP contribution is -2.11. The predicted octanol–water partition coefficient (Wildman–Crippen LogP) is 3.20. The molecule has 0 heterocycles. The molecule has 3 nitrogen and oxygen atoms in total. The fraction of sp³-hybridized carbons (Fsp3) is 0.500. The molecule has 0 aromatic carbocycles. The van der Waals surface area contributed by atoms with E-state index in [4.69, 9.17) is 10.5 Å². The van der Waals surface area contributed by atoms with E-state index in [1.54, 1.807) is 7.05 Å². The Kier molecular flexibility index (Phi) is 8.84. The van der Waals surface area contributed by atoms with Crippen molar-refractivity contribution in [2.24, 2.45) is 10.7 Å². The Morgan fingerprint density at radius 3 is 2.65 bits per heavy atom. The van der Waals surface area contributed by atoms with Crippen LogP contribution in [0, 0.1) is 0 Å². The number of ether oxygens (including phenoxy) is 1. The van der Waals surface area contributed by atoms with Crippen molar-refractivity contribution in [2.45, 2.75) is 33.1 Å². The summed E-state index contributed by atoms with van der Waals surface area (Å²) >= 11 is 0. The van der Waals surface area contributed by atoms with Gasteiger partial charge in [-0.1, -0.05) is 26.0 Å². The maximum absolute atomic E-state index is 5.62. The zero-order valence-electron chi connectivity index (χ0n) is 11.2. The minimum Gasteiger partial charge on any atom is -0.494 e. The molecule has 0 saturated heterocycles. The highest BCUT2D eigenvalue weighted by molar-refractivity contribution is 5.82. The molecule has 0 fully saturated rings. The number of hydrogen-bond donors (Lipinski definition) is 1. The molecule has 3 heteroatoms. The van der Waals surface area contributed by atoms with Gasteiger partial charge in [0.2, 0.25) is 0 Å². The van der Waals surface area contributed by atoms with Crippen molar-refractivity contribution in [1.29, 1.82) is 0 Å². The summed E-state index contributed by atoms with van der Waals surface area (Å²) in [5.74, 6) is 1.46. The van der Waals surface area contributed by atoms with Crippen molar-refractivity contribution < 1.29 is 4.74 Å². The second-order valence-corrected chi connectivity index (χ2v) is 3.78. The molecule has 0 unspecified atom stereocenters. The van der Waals surface area contributed by atoms with Gasteiger partial charge in [-0.15, -0.1) is 0 Å². The van der Waals surface area contributed by atoms with E-state index in [1.807, 2.05) is 25.2 Å². The van der Waals surface area contributed by atoms with Gasteiger partial charge in [0.05, 0.1) is 12.4 Å². The molecular weight excluding hydrogens is 212 g/mol. The van der Waals surface area contributed by atoms with Crippen LogP contribution >= 0.6 is 0 Å². The normalized spacial score (nSPS) is 13.1. The number of aliphatic imine (C=N–C) groups is 1. The molecular formula is C14H24N2O. The number of nitrogens with two attached hydrogens (primary N) is 1. The molecule has 2 N–H and O–H groups in total. The highest BCUT2D eigenvalue weighted by Gasteiger charge is 1.95. The Morgan fingerprint density at radius 1 is 1.41 bits per heavy atom. The highest BCUT2D eigenvalue weighted by Crippen LogP contribution is 2.06. The molecule has 0 spiro atoms. The third-order valence-electron chi connectivity index (χ3n) is 2.23. The second kappa shape index (κ2) is 9.70. The lowest BCUT2D eigenvalue weighted by atomic mass is 10.2. The number of amidine groups is 1. The van der Waals surface area contributed by atoms with E-state index in [1.165, 1.54) is 0 Å². The van der Waals surface area contributed by atoms with Crippen LogP contribution in [0.3, 0.4) is 0 Å².